The second-order valence-electron chi connectivity index (χ2n) is 7.74. The number of hydrogen-bond donors (Lipinski definition) is 2. The van der Waals surface area contributed by atoms with Crippen molar-refractivity contribution in [2.45, 2.75) is 50.6 Å². The van der Waals surface area contributed by atoms with E-state index >= 15 is 0 Å². The van der Waals surface area contributed by atoms with Crippen LogP contribution in [0.4, 0.5) is 5.69 Å². The summed E-state index contributed by atoms with van der Waals surface area (Å²) < 4.78 is 0. The van der Waals surface area contributed by atoms with Crippen molar-refractivity contribution in [3.05, 3.63) is 28.2 Å². The van der Waals surface area contributed by atoms with Gasteiger partial charge in [-0.15, -0.1) is 0 Å². The maximum Gasteiger partial charge on any atom is 0.241 e. The molecule has 1 heterocycles. The van der Waals surface area contributed by atoms with E-state index in [1.807, 2.05) is 4.90 Å². The minimum atomic E-state index is -0.829. The number of hydrogen-bond acceptors (Lipinski definition) is 4. The molecule has 1 aliphatic carbocycles. The van der Waals surface area contributed by atoms with Crippen LogP contribution in [0.2, 0.25) is 10.0 Å². The van der Waals surface area contributed by atoms with Gasteiger partial charge < -0.3 is 10.6 Å². The lowest BCUT2D eigenvalue weighted by Gasteiger charge is -2.35. The SMILES string of the molecule is CC(C#N)(NC(=O)CN1CCCCC1C(=O)Nc1ccc(Cl)c(Cl)c1)C1CC1. The summed E-state index contributed by atoms with van der Waals surface area (Å²) in [6, 6.07) is 6.76. The first-order valence-corrected chi connectivity index (χ1v) is 10.3. The number of piperidine rings is 1. The van der Waals surface area contributed by atoms with E-state index in [0.717, 1.165) is 25.7 Å². The third-order valence-electron chi connectivity index (χ3n) is 5.48. The quantitative estimate of drug-likeness (QED) is 0.732. The van der Waals surface area contributed by atoms with Crippen molar-refractivity contribution < 1.29 is 9.59 Å². The number of carbonyl (C=O) groups is 2. The molecule has 2 unspecified atom stereocenters. The van der Waals surface area contributed by atoms with Gasteiger partial charge in [0, 0.05) is 5.69 Å². The number of rotatable bonds is 6. The molecule has 1 aliphatic heterocycles. The fraction of sp³-hybridized carbons (Fsp3) is 0.550. The topological polar surface area (TPSA) is 85.2 Å². The van der Waals surface area contributed by atoms with E-state index in [0.29, 0.717) is 28.7 Å². The third kappa shape index (κ3) is 4.96. The molecular weight excluding hydrogens is 399 g/mol. The van der Waals surface area contributed by atoms with Gasteiger partial charge in [0.25, 0.3) is 0 Å². The van der Waals surface area contributed by atoms with Gasteiger partial charge in [0.15, 0.2) is 0 Å². The molecule has 0 radical (unpaired) electrons. The number of nitriles is 1. The molecule has 28 heavy (non-hydrogen) atoms. The highest BCUT2D eigenvalue weighted by atomic mass is 35.5. The van der Waals surface area contributed by atoms with Crippen molar-refractivity contribution in [1.29, 1.82) is 5.26 Å². The predicted octanol–water partition coefficient (Wildman–Crippen LogP) is 3.59. The van der Waals surface area contributed by atoms with E-state index < -0.39 is 11.6 Å². The third-order valence-corrected chi connectivity index (χ3v) is 6.21. The molecule has 6 nitrogen and oxygen atoms in total. The first kappa shape index (κ1) is 20.9. The fourth-order valence-corrected chi connectivity index (χ4v) is 3.97. The Morgan fingerprint density at radius 2 is 2.00 bits per heavy atom. The first-order valence-electron chi connectivity index (χ1n) is 9.54. The van der Waals surface area contributed by atoms with Crippen LogP contribution in [0, 0.1) is 17.2 Å². The second kappa shape index (κ2) is 8.69. The fourth-order valence-electron chi connectivity index (χ4n) is 3.67. The molecule has 2 atom stereocenters. The molecule has 2 N–H and O–H groups in total. The van der Waals surface area contributed by atoms with Gasteiger partial charge in [-0.3, -0.25) is 14.5 Å². The van der Waals surface area contributed by atoms with Crippen molar-refractivity contribution in [3.63, 3.8) is 0 Å². The molecule has 2 aliphatic rings. The van der Waals surface area contributed by atoms with Gasteiger partial charge in [0.2, 0.25) is 11.8 Å². The van der Waals surface area contributed by atoms with Crippen molar-refractivity contribution in [2.24, 2.45) is 5.92 Å². The van der Waals surface area contributed by atoms with Crippen LogP contribution in [-0.2, 0) is 9.59 Å². The molecule has 1 aromatic rings. The highest BCUT2D eigenvalue weighted by Crippen LogP contribution is 2.39. The summed E-state index contributed by atoms with van der Waals surface area (Å²) in [5.74, 6) is -0.169. The Balaban J connectivity index is 1.62. The molecule has 1 saturated carbocycles. The van der Waals surface area contributed by atoms with Gasteiger partial charge in [-0.1, -0.05) is 29.6 Å². The number of halogens is 2. The minimum Gasteiger partial charge on any atom is -0.337 e. The second-order valence-corrected chi connectivity index (χ2v) is 8.55. The largest absolute Gasteiger partial charge is 0.337 e. The Hall–Kier alpha value is -1.81. The first-order chi connectivity index (χ1) is 13.3. The molecule has 3 rings (SSSR count). The molecule has 1 aromatic carbocycles. The summed E-state index contributed by atoms with van der Waals surface area (Å²) in [5, 5.41) is 16.0. The predicted molar refractivity (Wildman–Crippen MR) is 109 cm³/mol. The Morgan fingerprint density at radius 3 is 2.64 bits per heavy atom. The van der Waals surface area contributed by atoms with Crippen LogP contribution in [0.5, 0.6) is 0 Å². The summed E-state index contributed by atoms with van der Waals surface area (Å²) in [4.78, 5) is 27.2. The minimum absolute atomic E-state index is 0.101. The molecular formula is C20H24Cl2N4O2. The Bertz CT molecular complexity index is 806. The number of nitrogens with zero attached hydrogens (tertiary/aromatic N) is 2. The van der Waals surface area contributed by atoms with Crippen LogP contribution in [-0.4, -0.2) is 41.4 Å². The molecule has 1 saturated heterocycles. The molecule has 150 valence electrons. The Labute approximate surface area is 175 Å². The van der Waals surface area contributed by atoms with Crippen LogP contribution >= 0.6 is 23.2 Å². The van der Waals surface area contributed by atoms with Crippen molar-refractivity contribution >= 4 is 40.7 Å². The van der Waals surface area contributed by atoms with E-state index in [1.54, 1.807) is 25.1 Å². The number of benzene rings is 1. The van der Waals surface area contributed by atoms with Crippen LogP contribution in [0.1, 0.15) is 39.0 Å². The maximum absolute atomic E-state index is 12.8. The smallest absolute Gasteiger partial charge is 0.241 e. The van der Waals surface area contributed by atoms with E-state index in [4.69, 9.17) is 23.2 Å². The summed E-state index contributed by atoms with van der Waals surface area (Å²) in [6.45, 7) is 2.54. The molecule has 2 amide bonds. The van der Waals surface area contributed by atoms with E-state index in [9.17, 15) is 14.9 Å². The van der Waals surface area contributed by atoms with Crippen molar-refractivity contribution in [2.75, 3.05) is 18.4 Å². The molecule has 2 fully saturated rings. The lowest BCUT2D eigenvalue weighted by molar-refractivity contribution is -0.127. The average molecular weight is 423 g/mol. The van der Waals surface area contributed by atoms with Gasteiger partial charge >= 0.3 is 0 Å². The summed E-state index contributed by atoms with van der Waals surface area (Å²) in [7, 11) is 0. The highest BCUT2D eigenvalue weighted by molar-refractivity contribution is 6.42. The zero-order valence-corrected chi connectivity index (χ0v) is 17.3. The summed E-state index contributed by atoms with van der Waals surface area (Å²) in [5.41, 5.74) is -0.259. The van der Waals surface area contributed by atoms with Gasteiger partial charge in [-0.2, -0.15) is 5.26 Å². The van der Waals surface area contributed by atoms with Gasteiger partial charge in [0.1, 0.15) is 5.54 Å². The number of likely N-dealkylation sites (tertiary alicyclic amines) is 1. The van der Waals surface area contributed by atoms with Gasteiger partial charge in [-0.05, 0) is 63.3 Å². The number of anilines is 1. The molecule has 0 spiro atoms. The van der Waals surface area contributed by atoms with Crippen molar-refractivity contribution in [3.8, 4) is 6.07 Å². The van der Waals surface area contributed by atoms with Crippen LogP contribution in [0.25, 0.3) is 0 Å². The molecule has 0 aromatic heterocycles. The molecule has 8 heteroatoms. The molecule has 0 bridgehead atoms. The lowest BCUT2D eigenvalue weighted by Crippen LogP contribution is -2.54. The zero-order valence-electron chi connectivity index (χ0n) is 15.8. The van der Waals surface area contributed by atoms with Crippen LogP contribution < -0.4 is 10.6 Å². The number of amides is 2. The van der Waals surface area contributed by atoms with Gasteiger partial charge in [-0.25, -0.2) is 0 Å². The van der Waals surface area contributed by atoms with Crippen LogP contribution in [0.3, 0.4) is 0 Å². The zero-order chi connectivity index (χ0) is 20.3. The average Bonchev–Trinajstić information content (AvgIpc) is 3.50. The van der Waals surface area contributed by atoms with E-state index in [-0.39, 0.29) is 24.3 Å². The monoisotopic (exact) mass is 422 g/mol. The van der Waals surface area contributed by atoms with E-state index in [2.05, 4.69) is 16.7 Å². The van der Waals surface area contributed by atoms with Gasteiger partial charge in [0.05, 0.1) is 28.7 Å². The summed E-state index contributed by atoms with van der Waals surface area (Å²) in [6.07, 6.45) is 4.46. The van der Waals surface area contributed by atoms with E-state index in [1.165, 1.54) is 0 Å². The maximum atomic E-state index is 12.8. The standard InChI is InChI=1S/C20H24Cl2N4O2/c1-20(12-23,13-5-6-13)25-18(27)11-26-9-3-2-4-17(26)19(28)24-14-7-8-15(21)16(22)10-14/h7-8,10,13,17H,2-6,9,11H2,1H3,(H,24,28)(H,25,27). The van der Waals surface area contributed by atoms with Crippen LogP contribution in [0.15, 0.2) is 18.2 Å². The summed E-state index contributed by atoms with van der Waals surface area (Å²) >= 11 is 11.9. The number of nitrogens with one attached hydrogen (secondary N) is 2. The lowest BCUT2D eigenvalue weighted by atomic mass is 9.97. The van der Waals surface area contributed by atoms with Crippen molar-refractivity contribution in [1.82, 2.24) is 10.2 Å². The number of carbonyl (C=O) groups excluding carboxylic acids is 2. The highest BCUT2D eigenvalue weighted by Gasteiger charge is 2.43. The Morgan fingerprint density at radius 1 is 1.25 bits per heavy atom. The Kier molecular flexibility index (Phi) is 6.49. The normalized spacial score (nSPS) is 22.0.